The van der Waals surface area contributed by atoms with E-state index in [0.717, 1.165) is 35.5 Å². The molecule has 1 fully saturated rings. The molecule has 2 atom stereocenters. The number of rotatable bonds is 2. The molecule has 4 nitrogen and oxygen atoms in total. The molecule has 212 valence electrons. The molecule has 2 unspecified atom stereocenters. The molecule has 4 heteroatoms. The summed E-state index contributed by atoms with van der Waals surface area (Å²) in [4.78, 5) is 10.3. The number of nitrogens with zero attached hydrogens (tertiary/aromatic N) is 2. The predicted molar refractivity (Wildman–Crippen MR) is 166 cm³/mol. The third kappa shape index (κ3) is 6.76. The third-order valence-electron chi connectivity index (χ3n) is 8.18. The van der Waals surface area contributed by atoms with Crippen molar-refractivity contribution in [2.75, 3.05) is 6.79 Å². The minimum atomic E-state index is 0.0255. The molecular weight excluding hydrogens is 480 g/mol. The van der Waals surface area contributed by atoms with E-state index in [-0.39, 0.29) is 29.7 Å². The van der Waals surface area contributed by atoms with E-state index >= 15 is 0 Å². The zero-order valence-corrected chi connectivity index (χ0v) is 26.0. The van der Waals surface area contributed by atoms with Crippen LogP contribution in [0.4, 0.5) is 0 Å². The average molecular weight is 531 g/mol. The van der Waals surface area contributed by atoms with Gasteiger partial charge in [-0.2, -0.15) is 0 Å². The number of hydrogen-bond acceptors (Lipinski definition) is 4. The van der Waals surface area contributed by atoms with E-state index in [0.29, 0.717) is 11.8 Å². The zero-order chi connectivity index (χ0) is 28.5. The van der Waals surface area contributed by atoms with Gasteiger partial charge in [0.2, 0.25) is 6.79 Å². The summed E-state index contributed by atoms with van der Waals surface area (Å²) < 4.78 is 13.1. The van der Waals surface area contributed by atoms with E-state index < -0.39 is 0 Å². The van der Waals surface area contributed by atoms with Gasteiger partial charge in [0.25, 0.3) is 0 Å². The second kappa shape index (κ2) is 11.5. The topological polar surface area (TPSA) is 43.2 Å². The van der Waals surface area contributed by atoms with Crippen LogP contribution in [0.15, 0.2) is 34.3 Å². The lowest BCUT2D eigenvalue weighted by molar-refractivity contribution is 0.117. The number of benzene rings is 2. The highest BCUT2D eigenvalue weighted by Crippen LogP contribution is 2.38. The predicted octanol–water partition coefficient (Wildman–Crippen LogP) is 9.11. The molecule has 39 heavy (non-hydrogen) atoms. The molecule has 1 aliphatic carbocycles. The molecule has 0 amide bonds. The highest BCUT2D eigenvalue weighted by Gasteiger charge is 2.27. The van der Waals surface area contributed by atoms with E-state index in [1.807, 2.05) is 0 Å². The first kappa shape index (κ1) is 29.4. The Kier molecular flexibility index (Phi) is 8.64. The molecule has 4 rings (SSSR count). The number of ether oxygens (including phenoxy) is 2. The second-order valence-electron chi connectivity index (χ2n) is 14.2. The Balaban J connectivity index is 1.90. The molecule has 0 saturated heterocycles. The SMILES string of the molecule is CC(C)c1cc(C(C)(C)C)cc2c1OCOc1c(cc(C(C)(C)C)cc1C(C)C)C=NC1CCCCC1N=C2. The molecule has 1 saturated carbocycles. The summed E-state index contributed by atoms with van der Waals surface area (Å²) in [5, 5.41) is 0. The monoisotopic (exact) mass is 530 g/mol. The second-order valence-corrected chi connectivity index (χ2v) is 14.2. The van der Waals surface area contributed by atoms with Crippen LogP contribution in [-0.2, 0) is 10.8 Å². The molecule has 0 radical (unpaired) electrons. The van der Waals surface area contributed by atoms with Crippen molar-refractivity contribution in [2.45, 2.75) is 130 Å². The van der Waals surface area contributed by atoms with E-state index in [1.54, 1.807) is 0 Å². The smallest absolute Gasteiger partial charge is 0.230 e. The van der Waals surface area contributed by atoms with E-state index in [9.17, 15) is 0 Å². The lowest BCUT2D eigenvalue weighted by atomic mass is 9.83. The summed E-state index contributed by atoms with van der Waals surface area (Å²) in [5.74, 6) is 2.38. The quantitative estimate of drug-likeness (QED) is 0.388. The summed E-state index contributed by atoms with van der Waals surface area (Å²) in [5.41, 5.74) is 7.12. The van der Waals surface area contributed by atoms with E-state index in [4.69, 9.17) is 19.5 Å². The first-order valence-electron chi connectivity index (χ1n) is 14.9. The summed E-state index contributed by atoms with van der Waals surface area (Å²) >= 11 is 0. The van der Waals surface area contributed by atoms with Gasteiger partial charge in [0, 0.05) is 23.6 Å². The van der Waals surface area contributed by atoms with Crippen molar-refractivity contribution >= 4 is 12.4 Å². The Bertz CT molecular complexity index is 1130. The highest BCUT2D eigenvalue weighted by atomic mass is 16.7. The Labute approximate surface area is 237 Å². The minimum absolute atomic E-state index is 0.0255. The summed E-state index contributed by atoms with van der Waals surface area (Å²) in [7, 11) is 0. The number of fused-ring (bicyclic) bond motifs is 3. The van der Waals surface area contributed by atoms with Crippen molar-refractivity contribution in [1.82, 2.24) is 0 Å². The van der Waals surface area contributed by atoms with Gasteiger partial charge in [-0.1, -0.05) is 94.2 Å². The van der Waals surface area contributed by atoms with Crippen molar-refractivity contribution < 1.29 is 9.47 Å². The fraction of sp³-hybridized carbons (Fsp3) is 0.600. The Hall–Kier alpha value is -2.62. The third-order valence-corrected chi connectivity index (χ3v) is 8.18. The van der Waals surface area contributed by atoms with Crippen LogP contribution in [-0.4, -0.2) is 31.3 Å². The lowest BCUT2D eigenvalue weighted by Gasteiger charge is -2.26. The molecule has 1 heterocycles. The summed E-state index contributed by atoms with van der Waals surface area (Å²) in [6.45, 7) is 22.7. The van der Waals surface area contributed by atoms with Crippen molar-refractivity contribution in [3.05, 3.63) is 57.6 Å². The van der Waals surface area contributed by atoms with Gasteiger partial charge >= 0.3 is 0 Å². The lowest BCUT2D eigenvalue weighted by Crippen LogP contribution is -2.27. The van der Waals surface area contributed by atoms with Gasteiger partial charge in [0.1, 0.15) is 11.5 Å². The summed E-state index contributed by atoms with van der Waals surface area (Å²) in [6.07, 6.45) is 8.62. The van der Waals surface area contributed by atoms with Gasteiger partial charge < -0.3 is 9.47 Å². The van der Waals surface area contributed by atoms with Crippen LogP contribution >= 0.6 is 0 Å². The van der Waals surface area contributed by atoms with Crippen LogP contribution < -0.4 is 9.47 Å². The maximum Gasteiger partial charge on any atom is 0.230 e. The van der Waals surface area contributed by atoms with E-state index in [2.05, 4.69) is 106 Å². The Morgan fingerprint density at radius 2 is 1.03 bits per heavy atom. The van der Waals surface area contributed by atoms with Crippen molar-refractivity contribution in [2.24, 2.45) is 9.98 Å². The van der Waals surface area contributed by atoms with Crippen molar-refractivity contribution in [3.63, 3.8) is 0 Å². The zero-order valence-electron chi connectivity index (χ0n) is 26.0. The van der Waals surface area contributed by atoms with Gasteiger partial charge in [-0.3, -0.25) is 9.98 Å². The van der Waals surface area contributed by atoms with Crippen LogP contribution in [0.5, 0.6) is 11.5 Å². The van der Waals surface area contributed by atoms with E-state index in [1.165, 1.54) is 35.1 Å². The molecule has 0 aromatic heterocycles. The maximum absolute atomic E-state index is 6.53. The number of aliphatic imine (C=N–C) groups is 2. The Morgan fingerprint density at radius 3 is 1.36 bits per heavy atom. The summed E-state index contributed by atoms with van der Waals surface area (Å²) in [6, 6.07) is 9.48. The molecular formula is C35H50N2O2. The molecule has 2 aromatic rings. The van der Waals surface area contributed by atoms with Gasteiger partial charge in [0.15, 0.2) is 0 Å². The first-order chi connectivity index (χ1) is 18.3. The average Bonchev–Trinajstić information content (AvgIpc) is 2.86. The fourth-order valence-electron chi connectivity index (χ4n) is 5.54. The largest absolute Gasteiger partial charge is 0.457 e. The first-order valence-corrected chi connectivity index (χ1v) is 14.9. The molecule has 0 N–H and O–H groups in total. The van der Waals surface area contributed by atoms with Crippen LogP contribution in [0.25, 0.3) is 0 Å². The minimum Gasteiger partial charge on any atom is -0.457 e. The van der Waals surface area contributed by atoms with Crippen molar-refractivity contribution in [3.8, 4) is 11.5 Å². The molecule has 0 bridgehead atoms. The standard InChI is InChI=1S/C35H50N2O2/c1-22(2)28-17-26(34(5,6)7)15-24-19-36-30-13-11-12-14-31(30)37-20-25-16-27(35(8,9)10)18-29(23(3)4)33(25)39-21-38-32(24)28/h15-20,22-23,30-31H,11-14,21H2,1-10H3. The van der Waals surface area contributed by atoms with Crippen LogP contribution in [0.2, 0.25) is 0 Å². The molecule has 2 aromatic carbocycles. The van der Waals surface area contributed by atoms with Crippen LogP contribution in [0.1, 0.15) is 140 Å². The van der Waals surface area contributed by atoms with Gasteiger partial charge in [-0.05, 0) is 69.9 Å². The van der Waals surface area contributed by atoms with Gasteiger partial charge in [-0.15, -0.1) is 0 Å². The number of hydrogen-bond donors (Lipinski definition) is 0. The Morgan fingerprint density at radius 1 is 0.641 bits per heavy atom. The van der Waals surface area contributed by atoms with Crippen LogP contribution in [0.3, 0.4) is 0 Å². The molecule has 0 spiro atoms. The molecule has 1 aliphatic heterocycles. The van der Waals surface area contributed by atoms with Gasteiger partial charge in [-0.25, -0.2) is 0 Å². The maximum atomic E-state index is 6.53. The van der Waals surface area contributed by atoms with Gasteiger partial charge in [0.05, 0.1) is 12.1 Å². The van der Waals surface area contributed by atoms with Crippen molar-refractivity contribution in [1.29, 1.82) is 0 Å². The molecule has 2 aliphatic rings. The highest BCUT2D eigenvalue weighted by molar-refractivity contribution is 5.86. The normalized spacial score (nSPS) is 20.2. The fourth-order valence-corrected chi connectivity index (χ4v) is 5.54. The van der Waals surface area contributed by atoms with Crippen LogP contribution in [0, 0.1) is 0 Å².